The fourth-order valence-electron chi connectivity index (χ4n) is 1.99. The number of aromatic amines is 1. The number of imidazole rings is 1. The van der Waals surface area contributed by atoms with Gasteiger partial charge in [0.2, 0.25) is 0 Å². The number of aromatic nitrogens is 2. The van der Waals surface area contributed by atoms with E-state index >= 15 is 0 Å². The Balaban J connectivity index is 2.57. The Morgan fingerprint density at radius 2 is 2.00 bits per heavy atom. The monoisotopic (exact) mass is 215 g/mol. The van der Waals surface area contributed by atoms with Crippen molar-refractivity contribution in [2.24, 2.45) is 5.73 Å². The number of rotatable bonds is 2. The van der Waals surface area contributed by atoms with Crippen molar-refractivity contribution in [1.82, 2.24) is 9.97 Å². The summed E-state index contributed by atoms with van der Waals surface area (Å²) in [5.41, 5.74) is 11.4. The normalized spacial score (nSPS) is 10.8. The van der Waals surface area contributed by atoms with Crippen molar-refractivity contribution in [2.45, 2.75) is 27.3 Å². The van der Waals surface area contributed by atoms with Crippen LogP contribution in [0.5, 0.6) is 0 Å². The van der Waals surface area contributed by atoms with Crippen molar-refractivity contribution < 1.29 is 0 Å². The van der Waals surface area contributed by atoms with Crippen molar-refractivity contribution in [3.63, 3.8) is 0 Å². The molecule has 0 unspecified atom stereocenters. The number of nitrogens with one attached hydrogen (secondary N) is 1. The van der Waals surface area contributed by atoms with Crippen molar-refractivity contribution in [3.05, 3.63) is 40.8 Å². The fraction of sp³-hybridized carbons (Fsp3) is 0.308. The molecule has 0 saturated carbocycles. The van der Waals surface area contributed by atoms with Crippen LogP contribution in [0.1, 0.15) is 22.6 Å². The molecule has 0 amide bonds. The fourth-order valence-corrected chi connectivity index (χ4v) is 1.99. The van der Waals surface area contributed by atoms with Gasteiger partial charge in [-0.05, 0) is 26.3 Å². The maximum absolute atomic E-state index is 5.71. The molecule has 16 heavy (non-hydrogen) atoms. The topological polar surface area (TPSA) is 54.7 Å². The van der Waals surface area contributed by atoms with E-state index in [-0.39, 0.29) is 0 Å². The van der Waals surface area contributed by atoms with E-state index in [2.05, 4.69) is 42.0 Å². The average molecular weight is 215 g/mol. The number of hydrogen-bond acceptors (Lipinski definition) is 2. The van der Waals surface area contributed by atoms with Gasteiger partial charge in [0.1, 0.15) is 5.82 Å². The first-order valence-electron chi connectivity index (χ1n) is 5.45. The van der Waals surface area contributed by atoms with E-state index in [4.69, 9.17) is 5.73 Å². The number of H-pyrrole nitrogens is 1. The zero-order valence-electron chi connectivity index (χ0n) is 9.96. The molecule has 2 rings (SSSR count). The highest BCUT2D eigenvalue weighted by Crippen LogP contribution is 2.25. The first kappa shape index (κ1) is 10.9. The molecule has 3 heteroatoms. The Bertz CT molecular complexity index is 512. The second kappa shape index (κ2) is 4.10. The van der Waals surface area contributed by atoms with Crippen molar-refractivity contribution in [1.29, 1.82) is 0 Å². The summed E-state index contributed by atoms with van der Waals surface area (Å²) in [6.45, 7) is 6.64. The van der Waals surface area contributed by atoms with Gasteiger partial charge in [0.25, 0.3) is 0 Å². The molecule has 2 aromatic rings. The lowest BCUT2D eigenvalue weighted by atomic mass is 10.0. The molecular formula is C13H17N3. The molecule has 3 nitrogen and oxygen atoms in total. The van der Waals surface area contributed by atoms with Gasteiger partial charge in [-0.3, -0.25) is 0 Å². The molecule has 3 N–H and O–H groups in total. The minimum Gasteiger partial charge on any atom is -0.345 e. The van der Waals surface area contributed by atoms with Crippen LogP contribution in [0.2, 0.25) is 0 Å². The van der Waals surface area contributed by atoms with E-state index in [1.54, 1.807) is 0 Å². The Labute approximate surface area is 95.7 Å². The average Bonchev–Trinajstić information content (AvgIpc) is 2.59. The third kappa shape index (κ3) is 1.86. The molecular weight excluding hydrogens is 198 g/mol. The van der Waals surface area contributed by atoms with Gasteiger partial charge >= 0.3 is 0 Å². The Morgan fingerprint density at radius 1 is 1.25 bits per heavy atom. The van der Waals surface area contributed by atoms with Crippen LogP contribution in [0.25, 0.3) is 11.3 Å². The maximum atomic E-state index is 5.71. The van der Waals surface area contributed by atoms with Crippen LogP contribution >= 0.6 is 0 Å². The van der Waals surface area contributed by atoms with E-state index < -0.39 is 0 Å². The molecule has 1 aromatic heterocycles. The van der Waals surface area contributed by atoms with E-state index in [0.717, 1.165) is 22.8 Å². The molecule has 0 atom stereocenters. The second-order valence-electron chi connectivity index (χ2n) is 4.17. The second-order valence-corrected chi connectivity index (χ2v) is 4.17. The highest BCUT2D eigenvalue weighted by molar-refractivity contribution is 5.66. The molecule has 1 heterocycles. The number of nitrogens with zero attached hydrogens (tertiary/aromatic N) is 1. The largest absolute Gasteiger partial charge is 0.345 e. The molecule has 0 radical (unpaired) electrons. The number of benzene rings is 1. The summed E-state index contributed by atoms with van der Waals surface area (Å²) in [5.74, 6) is 0.912. The summed E-state index contributed by atoms with van der Waals surface area (Å²) in [6, 6.07) is 6.38. The Kier molecular flexibility index (Phi) is 2.79. The Morgan fingerprint density at radius 3 is 2.62 bits per heavy atom. The standard InChI is InChI=1S/C13H17N3/c1-8-4-5-11(9(2)6-8)13-12(7-14)15-10(3)16-13/h4-6H,7,14H2,1-3H3,(H,15,16). The molecule has 0 aliphatic carbocycles. The van der Waals surface area contributed by atoms with Crippen LogP contribution in [0.4, 0.5) is 0 Å². The summed E-state index contributed by atoms with van der Waals surface area (Å²) in [5, 5.41) is 0. The lowest BCUT2D eigenvalue weighted by Crippen LogP contribution is -1.99. The highest BCUT2D eigenvalue weighted by atomic mass is 14.9. The van der Waals surface area contributed by atoms with Gasteiger partial charge in [-0.1, -0.05) is 23.8 Å². The Hall–Kier alpha value is -1.61. The highest BCUT2D eigenvalue weighted by Gasteiger charge is 2.11. The van der Waals surface area contributed by atoms with Crippen LogP contribution in [0, 0.1) is 20.8 Å². The van der Waals surface area contributed by atoms with Crippen molar-refractivity contribution in [2.75, 3.05) is 0 Å². The third-order valence-electron chi connectivity index (χ3n) is 2.74. The van der Waals surface area contributed by atoms with Gasteiger partial charge in [0.15, 0.2) is 0 Å². The summed E-state index contributed by atoms with van der Waals surface area (Å²) >= 11 is 0. The zero-order valence-corrected chi connectivity index (χ0v) is 9.96. The van der Waals surface area contributed by atoms with E-state index in [1.807, 2.05) is 6.92 Å². The molecule has 0 saturated heterocycles. The number of nitrogens with two attached hydrogens (primary N) is 1. The predicted octanol–water partition coefficient (Wildman–Crippen LogP) is 2.46. The number of aryl methyl sites for hydroxylation is 3. The van der Waals surface area contributed by atoms with E-state index in [1.165, 1.54) is 11.1 Å². The third-order valence-corrected chi connectivity index (χ3v) is 2.74. The minimum absolute atomic E-state index is 0.490. The minimum atomic E-state index is 0.490. The van der Waals surface area contributed by atoms with Gasteiger partial charge in [-0.2, -0.15) is 0 Å². The molecule has 0 aliphatic rings. The molecule has 0 fully saturated rings. The van der Waals surface area contributed by atoms with E-state index in [9.17, 15) is 0 Å². The lowest BCUT2D eigenvalue weighted by molar-refractivity contribution is 0.998. The van der Waals surface area contributed by atoms with Crippen LogP contribution in [-0.2, 0) is 6.54 Å². The summed E-state index contributed by atoms with van der Waals surface area (Å²) in [6.07, 6.45) is 0. The SMILES string of the molecule is Cc1ccc(-c2nc(C)[nH]c2CN)c(C)c1. The van der Waals surface area contributed by atoms with Crippen LogP contribution in [0.3, 0.4) is 0 Å². The number of hydrogen-bond donors (Lipinski definition) is 2. The van der Waals surface area contributed by atoms with Gasteiger partial charge in [0.05, 0.1) is 11.4 Å². The molecule has 84 valence electrons. The summed E-state index contributed by atoms with van der Waals surface area (Å²) < 4.78 is 0. The molecule has 0 aliphatic heterocycles. The first-order chi connectivity index (χ1) is 7.61. The molecule has 0 bridgehead atoms. The maximum Gasteiger partial charge on any atom is 0.103 e. The lowest BCUT2D eigenvalue weighted by Gasteiger charge is -2.05. The van der Waals surface area contributed by atoms with Gasteiger partial charge < -0.3 is 10.7 Å². The van der Waals surface area contributed by atoms with Crippen molar-refractivity contribution >= 4 is 0 Å². The smallest absolute Gasteiger partial charge is 0.103 e. The van der Waals surface area contributed by atoms with E-state index in [0.29, 0.717) is 6.54 Å². The van der Waals surface area contributed by atoms with Gasteiger partial charge in [-0.15, -0.1) is 0 Å². The summed E-state index contributed by atoms with van der Waals surface area (Å²) in [4.78, 5) is 7.71. The van der Waals surface area contributed by atoms with Crippen LogP contribution in [-0.4, -0.2) is 9.97 Å². The quantitative estimate of drug-likeness (QED) is 0.808. The molecule has 1 aromatic carbocycles. The van der Waals surface area contributed by atoms with Gasteiger partial charge in [-0.25, -0.2) is 4.98 Å². The summed E-state index contributed by atoms with van der Waals surface area (Å²) in [7, 11) is 0. The molecule has 0 spiro atoms. The van der Waals surface area contributed by atoms with Crippen LogP contribution in [0.15, 0.2) is 18.2 Å². The van der Waals surface area contributed by atoms with Crippen LogP contribution < -0.4 is 5.73 Å². The predicted molar refractivity (Wildman–Crippen MR) is 66.1 cm³/mol. The van der Waals surface area contributed by atoms with Gasteiger partial charge in [0, 0.05) is 12.1 Å². The zero-order chi connectivity index (χ0) is 11.7. The first-order valence-corrected chi connectivity index (χ1v) is 5.45. The van der Waals surface area contributed by atoms with Crippen molar-refractivity contribution in [3.8, 4) is 11.3 Å².